The average molecular weight is 365 g/mol. The summed E-state index contributed by atoms with van der Waals surface area (Å²) in [6.45, 7) is 1.60. The van der Waals surface area contributed by atoms with Crippen LogP contribution in [0.5, 0.6) is 0 Å². The maximum Gasteiger partial charge on any atom is 0.338 e. The van der Waals surface area contributed by atoms with Crippen molar-refractivity contribution >= 4 is 17.3 Å². The van der Waals surface area contributed by atoms with Crippen LogP contribution in [0.15, 0.2) is 42.5 Å². The van der Waals surface area contributed by atoms with E-state index in [4.69, 9.17) is 10.00 Å². The Kier molecular flexibility index (Phi) is 5.67. The average Bonchev–Trinajstić information content (AvgIpc) is 2.72. The van der Waals surface area contributed by atoms with Gasteiger partial charge in [-0.15, -0.1) is 0 Å². The highest BCUT2D eigenvalue weighted by atomic mass is 16.6. The first-order valence-corrected chi connectivity index (χ1v) is 8.78. The molecule has 1 aliphatic rings. The maximum atomic E-state index is 12.3. The molecular weight excluding hydrogens is 346 g/mol. The minimum Gasteiger partial charge on any atom is -0.457 e. The predicted molar refractivity (Wildman–Crippen MR) is 99.4 cm³/mol. The summed E-state index contributed by atoms with van der Waals surface area (Å²) < 4.78 is 5.25. The molecule has 0 saturated carbocycles. The van der Waals surface area contributed by atoms with Crippen LogP contribution in [-0.2, 0) is 11.3 Å². The Balaban J connectivity index is 1.73. The highest BCUT2D eigenvalue weighted by Crippen LogP contribution is 2.31. The fraction of sp³-hybridized carbons (Fsp3) is 0.300. The number of hydrogen-bond donors (Lipinski definition) is 0. The number of hydrogen-bond acceptors (Lipinski definition) is 6. The van der Waals surface area contributed by atoms with Crippen LogP contribution in [0.4, 0.5) is 11.4 Å². The van der Waals surface area contributed by atoms with E-state index in [2.05, 4.69) is 0 Å². The summed E-state index contributed by atoms with van der Waals surface area (Å²) in [5, 5.41) is 20.3. The van der Waals surface area contributed by atoms with Crippen molar-refractivity contribution in [3.8, 4) is 6.07 Å². The Morgan fingerprint density at radius 1 is 1.15 bits per heavy atom. The van der Waals surface area contributed by atoms with Crippen molar-refractivity contribution in [2.45, 2.75) is 25.9 Å². The van der Waals surface area contributed by atoms with Gasteiger partial charge in [0.1, 0.15) is 12.3 Å². The van der Waals surface area contributed by atoms with E-state index >= 15 is 0 Å². The molecule has 0 aromatic heterocycles. The summed E-state index contributed by atoms with van der Waals surface area (Å²) in [6.07, 6.45) is 3.14. The predicted octanol–water partition coefficient (Wildman–Crippen LogP) is 3.81. The maximum absolute atomic E-state index is 12.3. The third kappa shape index (κ3) is 4.42. The van der Waals surface area contributed by atoms with Crippen LogP contribution in [0.2, 0.25) is 0 Å². The molecule has 0 aliphatic carbocycles. The minimum atomic E-state index is -0.618. The van der Waals surface area contributed by atoms with Crippen LogP contribution < -0.4 is 4.90 Å². The number of ether oxygens (including phenoxy) is 1. The van der Waals surface area contributed by atoms with Gasteiger partial charge in [-0.25, -0.2) is 4.79 Å². The van der Waals surface area contributed by atoms with Crippen LogP contribution in [0.3, 0.4) is 0 Å². The molecule has 1 aliphatic heterocycles. The molecule has 7 nitrogen and oxygen atoms in total. The number of anilines is 1. The normalized spacial score (nSPS) is 13.7. The molecular formula is C20H19N3O4. The van der Waals surface area contributed by atoms with Gasteiger partial charge in [0.2, 0.25) is 0 Å². The lowest BCUT2D eigenvalue weighted by molar-refractivity contribution is -0.384. The van der Waals surface area contributed by atoms with Crippen LogP contribution in [-0.4, -0.2) is 24.0 Å². The van der Waals surface area contributed by atoms with E-state index in [-0.39, 0.29) is 17.9 Å². The lowest BCUT2D eigenvalue weighted by Crippen LogP contribution is -2.30. The Hall–Kier alpha value is -3.40. The quantitative estimate of drug-likeness (QED) is 0.454. The van der Waals surface area contributed by atoms with E-state index in [1.54, 1.807) is 36.4 Å². The highest BCUT2D eigenvalue weighted by molar-refractivity contribution is 5.91. The van der Waals surface area contributed by atoms with Crippen LogP contribution in [0.25, 0.3) is 0 Å². The van der Waals surface area contributed by atoms with Crippen molar-refractivity contribution in [3.63, 3.8) is 0 Å². The van der Waals surface area contributed by atoms with E-state index in [0.29, 0.717) is 11.3 Å². The van der Waals surface area contributed by atoms with E-state index in [9.17, 15) is 14.9 Å². The number of rotatable bonds is 5. The largest absolute Gasteiger partial charge is 0.457 e. The molecule has 0 N–H and O–H groups in total. The number of nitro groups is 1. The smallest absolute Gasteiger partial charge is 0.338 e. The standard InChI is InChI=1S/C20H19N3O4/c21-13-15-4-6-16(7-5-15)14-27-20(24)17-8-9-18(19(12-17)23(25)26)22-10-2-1-3-11-22/h4-9,12H,1-3,10-11,14H2. The van der Waals surface area contributed by atoms with Gasteiger partial charge in [0, 0.05) is 19.2 Å². The fourth-order valence-electron chi connectivity index (χ4n) is 3.11. The van der Waals surface area contributed by atoms with Crippen molar-refractivity contribution in [2.24, 2.45) is 0 Å². The zero-order valence-corrected chi connectivity index (χ0v) is 14.8. The molecule has 138 valence electrons. The number of benzene rings is 2. The number of esters is 1. The summed E-state index contributed by atoms with van der Waals surface area (Å²) in [5.74, 6) is -0.618. The molecule has 7 heteroatoms. The number of carbonyl (C=O) groups is 1. The molecule has 1 fully saturated rings. The molecule has 2 aromatic carbocycles. The molecule has 0 spiro atoms. The summed E-state index contributed by atoms with van der Waals surface area (Å²) in [5.41, 5.74) is 1.87. The summed E-state index contributed by atoms with van der Waals surface area (Å²) in [7, 11) is 0. The second-order valence-corrected chi connectivity index (χ2v) is 6.39. The Bertz CT molecular complexity index is 881. The van der Waals surface area contributed by atoms with Crippen LogP contribution in [0.1, 0.15) is 40.7 Å². The van der Waals surface area contributed by atoms with Crippen LogP contribution in [0, 0.1) is 21.4 Å². The van der Waals surface area contributed by atoms with Gasteiger partial charge in [-0.1, -0.05) is 12.1 Å². The first-order valence-electron chi connectivity index (χ1n) is 8.78. The van der Waals surface area contributed by atoms with Gasteiger partial charge in [-0.2, -0.15) is 5.26 Å². The number of piperidine rings is 1. The van der Waals surface area contributed by atoms with E-state index in [1.807, 2.05) is 11.0 Å². The zero-order chi connectivity index (χ0) is 19.2. The summed E-state index contributed by atoms with van der Waals surface area (Å²) in [6, 6.07) is 13.2. The van der Waals surface area contributed by atoms with E-state index < -0.39 is 10.9 Å². The van der Waals surface area contributed by atoms with Crippen LogP contribution >= 0.6 is 0 Å². The van der Waals surface area contributed by atoms with Gasteiger partial charge in [0.25, 0.3) is 5.69 Å². The number of nitrogens with zero attached hydrogens (tertiary/aromatic N) is 3. The molecule has 0 bridgehead atoms. The molecule has 2 aromatic rings. The van der Waals surface area contributed by atoms with Gasteiger partial charge in [-0.3, -0.25) is 10.1 Å². The molecule has 0 unspecified atom stereocenters. The second kappa shape index (κ2) is 8.32. The fourth-order valence-corrected chi connectivity index (χ4v) is 3.11. The lowest BCUT2D eigenvalue weighted by atomic mass is 10.1. The highest BCUT2D eigenvalue weighted by Gasteiger charge is 2.23. The third-order valence-electron chi connectivity index (χ3n) is 4.56. The molecule has 0 amide bonds. The molecule has 1 heterocycles. The van der Waals surface area contributed by atoms with Gasteiger partial charge >= 0.3 is 5.97 Å². The van der Waals surface area contributed by atoms with Gasteiger partial charge in [0.05, 0.1) is 22.1 Å². The minimum absolute atomic E-state index is 0.0339. The van der Waals surface area contributed by atoms with Gasteiger partial charge in [-0.05, 0) is 49.1 Å². The van der Waals surface area contributed by atoms with Crippen molar-refractivity contribution < 1.29 is 14.5 Å². The Morgan fingerprint density at radius 3 is 2.48 bits per heavy atom. The topological polar surface area (TPSA) is 96.5 Å². The molecule has 3 rings (SSSR count). The molecule has 27 heavy (non-hydrogen) atoms. The number of carbonyl (C=O) groups excluding carboxylic acids is 1. The Morgan fingerprint density at radius 2 is 1.85 bits per heavy atom. The van der Waals surface area contributed by atoms with Crippen molar-refractivity contribution in [1.29, 1.82) is 5.26 Å². The van der Waals surface area contributed by atoms with Crippen molar-refractivity contribution in [1.82, 2.24) is 0 Å². The molecule has 0 atom stereocenters. The third-order valence-corrected chi connectivity index (χ3v) is 4.56. The lowest BCUT2D eigenvalue weighted by Gasteiger charge is -2.28. The summed E-state index contributed by atoms with van der Waals surface area (Å²) in [4.78, 5) is 25.3. The Labute approximate surface area is 156 Å². The summed E-state index contributed by atoms with van der Waals surface area (Å²) >= 11 is 0. The number of nitro benzene ring substituents is 1. The molecule has 0 radical (unpaired) electrons. The first kappa shape index (κ1) is 18.4. The van der Waals surface area contributed by atoms with Gasteiger partial charge < -0.3 is 9.64 Å². The first-order chi connectivity index (χ1) is 13.1. The zero-order valence-electron chi connectivity index (χ0n) is 14.8. The SMILES string of the molecule is N#Cc1ccc(COC(=O)c2ccc(N3CCCCC3)c([N+](=O)[O-])c2)cc1. The monoisotopic (exact) mass is 365 g/mol. The van der Waals surface area contributed by atoms with E-state index in [0.717, 1.165) is 37.9 Å². The number of nitriles is 1. The van der Waals surface area contributed by atoms with Gasteiger partial charge in [0.15, 0.2) is 0 Å². The second-order valence-electron chi connectivity index (χ2n) is 6.39. The van der Waals surface area contributed by atoms with Crippen molar-refractivity contribution in [3.05, 3.63) is 69.3 Å². The van der Waals surface area contributed by atoms with Crippen molar-refractivity contribution in [2.75, 3.05) is 18.0 Å². The molecule has 1 saturated heterocycles. The van der Waals surface area contributed by atoms with E-state index in [1.165, 1.54) is 6.07 Å².